The summed E-state index contributed by atoms with van der Waals surface area (Å²) in [6.07, 6.45) is 0.411. The van der Waals surface area contributed by atoms with Gasteiger partial charge in [-0.25, -0.2) is 4.68 Å². The number of amides is 1. The van der Waals surface area contributed by atoms with E-state index in [0.717, 1.165) is 16.9 Å². The molecule has 0 bridgehead atoms. The molecule has 2 aromatic rings. The van der Waals surface area contributed by atoms with E-state index in [1.165, 1.54) is 4.68 Å². The molecule has 0 spiro atoms. The highest BCUT2D eigenvalue weighted by molar-refractivity contribution is 6.36. The van der Waals surface area contributed by atoms with Gasteiger partial charge in [-0.2, -0.15) is 5.10 Å². The van der Waals surface area contributed by atoms with Crippen molar-refractivity contribution in [2.45, 2.75) is 26.2 Å². The number of benzene rings is 1. The molecule has 1 aliphatic heterocycles. The predicted octanol–water partition coefficient (Wildman–Crippen LogP) is 2.74. The highest BCUT2D eigenvalue weighted by Gasteiger charge is 2.16. The molecule has 7 nitrogen and oxygen atoms in total. The molecule has 9 heteroatoms. The first-order valence-corrected chi connectivity index (χ1v) is 9.62. The fraction of sp³-hybridized carbons (Fsp3) is 0.368. The second kappa shape index (κ2) is 8.32. The second-order valence-corrected chi connectivity index (χ2v) is 7.75. The SMILES string of the molecule is CC(C)c1cc(Cc2c(Cl)cc(NCC3=NCC(=O)N3)cc2Cl)nn(C)c1=O. The molecule has 28 heavy (non-hydrogen) atoms. The minimum Gasteiger partial charge on any atom is -0.378 e. The monoisotopic (exact) mass is 421 g/mol. The Hall–Kier alpha value is -2.38. The topological polar surface area (TPSA) is 88.4 Å². The van der Waals surface area contributed by atoms with Crippen LogP contribution >= 0.6 is 23.2 Å². The maximum Gasteiger partial charge on any atom is 0.269 e. The number of halogens is 2. The van der Waals surface area contributed by atoms with Crippen molar-refractivity contribution >= 4 is 40.6 Å². The average molecular weight is 422 g/mol. The number of nitrogens with one attached hydrogen (secondary N) is 2. The maximum absolute atomic E-state index is 12.2. The summed E-state index contributed by atoms with van der Waals surface area (Å²) >= 11 is 12.9. The van der Waals surface area contributed by atoms with Gasteiger partial charge in [0.05, 0.1) is 12.2 Å². The number of aromatic nitrogens is 2. The zero-order valence-corrected chi connectivity index (χ0v) is 17.4. The van der Waals surface area contributed by atoms with Crippen molar-refractivity contribution in [1.29, 1.82) is 0 Å². The molecule has 0 unspecified atom stereocenters. The average Bonchev–Trinajstić information content (AvgIpc) is 3.04. The van der Waals surface area contributed by atoms with Gasteiger partial charge in [-0.3, -0.25) is 14.6 Å². The van der Waals surface area contributed by atoms with E-state index in [-0.39, 0.29) is 23.9 Å². The second-order valence-electron chi connectivity index (χ2n) is 6.93. The number of carbonyl (C=O) groups is 1. The summed E-state index contributed by atoms with van der Waals surface area (Å²) in [5.41, 5.74) is 2.79. The van der Waals surface area contributed by atoms with Crippen molar-refractivity contribution in [2.75, 3.05) is 18.4 Å². The van der Waals surface area contributed by atoms with Crippen LogP contribution in [0.5, 0.6) is 0 Å². The van der Waals surface area contributed by atoms with E-state index in [4.69, 9.17) is 23.2 Å². The zero-order chi connectivity index (χ0) is 20.4. The number of aryl methyl sites for hydroxylation is 1. The van der Waals surface area contributed by atoms with Crippen LogP contribution in [-0.4, -0.2) is 34.6 Å². The third kappa shape index (κ3) is 4.54. The van der Waals surface area contributed by atoms with Crippen LogP contribution in [0.3, 0.4) is 0 Å². The number of hydrogen-bond donors (Lipinski definition) is 2. The third-order valence-electron chi connectivity index (χ3n) is 4.42. The van der Waals surface area contributed by atoms with E-state index in [2.05, 4.69) is 20.7 Å². The fourth-order valence-electron chi connectivity index (χ4n) is 2.94. The lowest BCUT2D eigenvalue weighted by Gasteiger charge is -2.13. The predicted molar refractivity (Wildman–Crippen MR) is 112 cm³/mol. The van der Waals surface area contributed by atoms with Crippen LogP contribution in [0.1, 0.15) is 36.6 Å². The summed E-state index contributed by atoms with van der Waals surface area (Å²) in [7, 11) is 1.64. The molecule has 0 saturated carbocycles. The summed E-state index contributed by atoms with van der Waals surface area (Å²) in [5, 5.41) is 11.1. The van der Waals surface area contributed by atoms with Crippen molar-refractivity contribution in [3.63, 3.8) is 0 Å². The molecular weight excluding hydrogens is 401 g/mol. The molecule has 0 radical (unpaired) electrons. The van der Waals surface area contributed by atoms with E-state index in [9.17, 15) is 9.59 Å². The molecule has 148 valence electrons. The Morgan fingerprint density at radius 1 is 1.21 bits per heavy atom. The minimum atomic E-state index is -0.117. The van der Waals surface area contributed by atoms with Gasteiger partial charge in [0.1, 0.15) is 12.4 Å². The molecule has 2 N–H and O–H groups in total. The highest BCUT2D eigenvalue weighted by atomic mass is 35.5. The smallest absolute Gasteiger partial charge is 0.269 e. The number of aliphatic imine (C=N–C) groups is 1. The van der Waals surface area contributed by atoms with E-state index >= 15 is 0 Å². The molecular formula is C19H21Cl2N5O2. The van der Waals surface area contributed by atoms with Crippen molar-refractivity contribution in [3.05, 3.63) is 55.4 Å². The number of carbonyl (C=O) groups excluding carboxylic acids is 1. The van der Waals surface area contributed by atoms with Crippen LogP contribution in [0.2, 0.25) is 10.0 Å². The minimum absolute atomic E-state index is 0.0944. The van der Waals surface area contributed by atoms with Crippen molar-refractivity contribution < 1.29 is 4.79 Å². The van der Waals surface area contributed by atoms with Gasteiger partial charge in [0.25, 0.3) is 5.56 Å². The molecule has 3 rings (SSSR count). The summed E-state index contributed by atoms with van der Waals surface area (Å²) in [6, 6.07) is 5.35. The Labute approximate surface area is 172 Å². The Kier molecular flexibility index (Phi) is 6.05. The quantitative estimate of drug-likeness (QED) is 0.750. The standard InChI is InChI=1S/C19H21Cl2N5O2/c1-10(2)13-4-12(25-26(3)19(13)28)5-14-15(20)6-11(7-16(14)21)22-8-17-23-9-18(27)24-17/h4,6-7,10,22H,5,8-9H2,1-3H3,(H,23,24,27). The largest absolute Gasteiger partial charge is 0.378 e. The molecule has 0 fully saturated rings. The Morgan fingerprint density at radius 2 is 1.89 bits per heavy atom. The lowest BCUT2D eigenvalue weighted by molar-refractivity contribution is -0.117. The van der Waals surface area contributed by atoms with Crippen LogP contribution in [0.15, 0.2) is 28.0 Å². The van der Waals surface area contributed by atoms with Crippen molar-refractivity contribution in [1.82, 2.24) is 15.1 Å². The lowest BCUT2D eigenvalue weighted by Crippen LogP contribution is -2.29. The van der Waals surface area contributed by atoms with Gasteiger partial charge < -0.3 is 10.6 Å². The zero-order valence-electron chi connectivity index (χ0n) is 15.8. The first-order valence-electron chi connectivity index (χ1n) is 8.86. The van der Waals surface area contributed by atoms with Crippen LogP contribution in [0.25, 0.3) is 0 Å². The summed E-state index contributed by atoms with van der Waals surface area (Å²) in [5.74, 6) is 0.558. The van der Waals surface area contributed by atoms with Crippen LogP contribution in [0, 0.1) is 0 Å². The molecule has 0 saturated heterocycles. The van der Waals surface area contributed by atoms with Gasteiger partial charge in [-0.05, 0) is 29.7 Å². The van der Waals surface area contributed by atoms with Crippen LogP contribution in [-0.2, 0) is 18.3 Å². The van der Waals surface area contributed by atoms with Crippen molar-refractivity contribution in [3.8, 4) is 0 Å². The van der Waals surface area contributed by atoms with Gasteiger partial charge in [0.15, 0.2) is 0 Å². The number of nitrogens with zero attached hydrogens (tertiary/aromatic N) is 3. The third-order valence-corrected chi connectivity index (χ3v) is 5.09. The summed E-state index contributed by atoms with van der Waals surface area (Å²) in [6.45, 7) is 4.47. The lowest BCUT2D eigenvalue weighted by atomic mass is 10.0. The molecule has 0 aliphatic carbocycles. The van der Waals surface area contributed by atoms with E-state index in [0.29, 0.717) is 34.4 Å². The normalized spacial score (nSPS) is 13.6. The summed E-state index contributed by atoms with van der Waals surface area (Å²) < 4.78 is 1.35. The van der Waals surface area contributed by atoms with Crippen LogP contribution < -0.4 is 16.2 Å². The Morgan fingerprint density at radius 3 is 2.46 bits per heavy atom. The van der Waals surface area contributed by atoms with E-state index in [1.807, 2.05) is 19.9 Å². The van der Waals surface area contributed by atoms with Gasteiger partial charge in [0, 0.05) is 34.8 Å². The van der Waals surface area contributed by atoms with Gasteiger partial charge in [-0.1, -0.05) is 37.0 Å². The summed E-state index contributed by atoms with van der Waals surface area (Å²) in [4.78, 5) is 27.5. The van der Waals surface area contributed by atoms with E-state index < -0.39 is 0 Å². The maximum atomic E-state index is 12.2. The van der Waals surface area contributed by atoms with Gasteiger partial charge in [0.2, 0.25) is 5.91 Å². The van der Waals surface area contributed by atoms with Crippen molar-refractivity contribution in [2.24, 2.45) is 12.0 Å². The van der Waals surface area contributed by atoms with Gasteiger partial charge >= 0.3 is 0 Å². The molecule has 2 heterocycles. The van der Waals surface area contributed by atoms with E-state index in [1.54, 1.807) is 19.2 Å². The molecule has 1 amide bonds. The van der Waals surface area contributed by atoms with Gasteiger partial charge in [-0.15, -0.1) is 0 Å². The first kappa shape index (κ1) is 20.4. The first-order chi connectivity index (χ1) is 13.2. The molecule has 1 aromatic carbocycles. The highest BCUT2D eigenvalue weighted by Crippen LogP contribution is 2.31. The Bertz CT molecular complexity index is 991. The number of rotatable bonds is 6. The number of anilines is 1. The molecule has 1 aliphatic rings. The fourth-order valence-corrected chi connectivity index (χ4v) is 3.56. The molecule has 1 aromatic heterocycles. The van der Waals surface area contributed by atoms with Crippen LogP contribution in [0.4, 0.5) is 5.69 Å². The molecule has 0 atom stereocenters. The number of amidine groups is 1. The Balaban J connectivity index is 1.80. The number of hydrogen-bond acceptors (Lipinski definition) is 5.